The second-order valence-electron chi connectivity index (χ2n) is 6.74. The van der Waals surface area contributed by atoms with Crippen LogP contribution in [-0.2, 0) is 0 Å². The van der Waals surface area contributed by atoms with Crippen LogP contribution < -0.4 is 0 Å². The molecule has 1 N–H and O–H groups in total. The van der Waals surface area contributed by atoms with Gasteiger partial charge in [-0.3, -0.25) is 9.69 Å². The van der Waals surface area contributed by atoms with Crippen molar-refractivity contribution in [1.29, 1.82) is 5.26 Å². The van der Waals surface area contributed by atoms with Gasteiger partial charge in [-0.25, -0.2) is 0 Å². The van der Waals surface area contributed by atoms with Gasteiger partial charge in [-0.05, 0) is 43.0 Å². The van der Waals surface area contributed by atoms with Gasteiger partial charge >= 0.3 is 0 Å². The van der Waals surface area contributed by atoms with Crippen LogP contribution in [0.3, 0.4) is 0 Å². The molecule has 5 heteroatoms. The summed E-state index contributed by atoms with van der Waals surface area (Å²) in [6, 6.07) is 9.09. The molecule has 23 heavy (non-hydrogen) atoms. The van der Waals surface area contributed by atoms with Gasteiger partial charge in [0.1, 0.15) is 0 Å². The Morgan fingerprint density at radius 3 is 2.52 bits per heavy atom. The van der Waals surface area contributed by atoms with Crippen molar-refractivity contribution >= 4 is 5.91 Å². The average molecular weight is 313 g/mol. The first-order valence-electron chi connectivity index (χ1n) is 8.26. The molecule has 1 aliphatic heterocycles. The van der Waals surface area contributed by atoms with E-state index >= 15 is 0 Å². The van der Waals surface area contributed by atoms with Crippen molar-refractivity contribution in [3.63, 3.8) is 0 Å². The molecule has 2 aliphatic rings. The first kappa shape index (κ1) is 16.0. The fourth-order valence-electron chi connectivity index (χ4n) is 3.41. The van der Waals surface area contributed by atoms with Crippen LogP contribution in [0.25, 0.3) is 0 Å². The molecular formula is C18H23N3O2. The molecule has 0 radical (unpaired) electrons. The highest BCUT2D eigenvalue weighted by atomic mass is 16.3. The Morgan fingerprint density at radius 1 is 1.39 bits per heavy atom. The lowest BCUT2D eigenvalue weighted by atomic mass is 9.78. The molecule has 1 aromatic rings. The molecule has 0 bridgehead atoms. The summed E-state index contributed by atoms with van der Waals surface area (Å²) in [7, 11) is 1.87. The number of hydrogen-bond donors (Lipinski definition) is 1. The van der Waals surface area contributed by atoms with Crippen LogP contribution in [0.15, 0.2) is 24.3 Å². The van der Waals surface area contributed by atoms with Crippen LogP contribution in [0.5, 0.6) is 0 Å². The predicted octanol–water partition coefficient (Wildman–Crippen LogP) is 1.48. The van der Waals surface area contributed by atoms with Crippen molar-refractivity contribution in [1.82, 2.24) is 9.80 Å². The molecular weight excluding hydrogens is 290 g/mol. The molecule has 1 aliphatic carbocycles. The molecule has 5 nitrogen and oxygen atoms in total. The monoisotopic (exact) mass is 313 g/mol. The van der Waals surface area contributed by atoms with Crippen LogP contribution in [0.2, 0.25) is 0 Å². The highest BCUT2D eigenvalue weighted by Crippen LogP contribution is 2.33. The Bertz CT molecular complexity index is 598. The van der Waals surface area contributed by atoms with Crippen LogP contribution in [-0.4, -0.2) is 59.6 Å². The van der Waals surface area contributed by atoms with Gasteiger partial charge in [0.05, 0.1) is 17.7 Å². The Balaban J connectivity index is 1.69. The minimum Gasteiger partial charge on any atom is -0.390 e. The van der Waals surface area contributed by atoms with Gasteiger partial charge in [-0.2, -0.15) is 5.26 Å². The van der Waals surface area contributed by atoms with Crippen molar-refractivity contribution in [2.45, 2.75) is 31.4 Å². The number of likely N-dealkylation sites (N-methyl/N-ethyl adjacent to an activating group) is 1. The number of hydrogen-bond acceptors (Lipinski definition) is 4. The van der Waals surface area contributed by atoms with Crippen LogP contribution in [0.4, 0.5) is 0 Å². The molecule has 1 aromatic carbocycles. The van der Waals surface area contributed by atoms with Crippen molar-refractivity contribution in [2.24, 2.45) is 5.92 Å². The number of amides is 1. The van der Waals surface area contributed by atoms with Crippen LogP contribution in [0, 0.1) is 17.2 Å². The Kier molecular flexibility index (Phi) is 4.65. The molecule has 1 heterocycles. The van der Waals surface area contributed by atoms with Crippen molar-refractivity contribution in [3.8, 4) is 6.07 Å². The molecule has 1 saturated carbocycles. The number of aliphatic hydroxyl groups excluding tert-OH is 1. The minimum absolute atomic E-state index is 0.00691. The summed E-state index contributed by atoms with van der Waals surface area (Å²) in [6.07, 6.45) is 3.37. The SMILES string of the molecule is CN(C(=O)c1ccc(C#N)cc1)[C@H](CN1CC(O)C1)C1CCC1. The number of β-amino-alcohol motifs (C(OH)–C–C–N with tert-alkyl or cyclic N) is 1. The van der Waals surface area contributed by atoms with Crippen molar-refractivity contribution in [3.05, 3.63) is 35.4 Å². The summed E-state index contributed by atoms with van der Waals surface area (Å²) in [5.41, 5.74) is 1.19. The zero-order valence-electron chi connectivity index (χ0n) is 13.5. The minimum atomic E-state index is -0.212. The number of likely N-dealkylation sites (tertiary alicyclic amines) is 1. The van der Waals surface area contributed by atoms with Crippen LogP contribution >= 0.6 is 0 Å². The topological polar surface area (TPSA) is 67.6 Å². The van der Waals surface area contributed by atoms with Crippen molar-refractivity contribution in [2.75, 3.05) is 26.7 Å². The molecule has 1 atom stereocenters. The zero-order chi connectivity index (χ0) is 16.4. The van der Waals surface area contributed by atoms with Gasteiger partial charge in [0, 0.05) is 38.3 Å². The number of nitriles is 1. The summed E-state index contributed by atoms with van der Waals surface area (Å²) in [4.78, 5) is 16.8. The predicted molar refractivity (Wildman–Crippen MR) is 86.8 cm³/mol. The first-order chi connectivity index (χ1) is 11.1. The van der Waals surface area contributed by atoms with E-state index in [4.69, 9.17) is 5.26 Å². The van der Waals surface area contributed by atoms with E-state index in [9.17, 15) is 9.90 Å². The quantitative estimate of drug-likeness (QED) is 0.894. The fraction of sp³-hybridized carbons (Fsp3) is 0.556. The highest BCUT2D eigenvalue weighted by Gasteiger charge is 2.36. The van der Waals surface area contributed by atoms with E-state index < -0.39 is 0 Å². The summed E-state index contributed by atoms with van der Waals surface area (Å²) in [5.74, 6) is 0.563. The highest BCUT2D eigenvalue weighted by molar-refractivity contribution is 5.94. The lowest BCUT2D eigenvalue weighted by molar-refractivity contribution is -0.0223. The second-order valence-corrected chi connectivity index (χ2v) is 6.74. The zero-order valence-corrected chi connectivity index (χ0v) is 13.5. The van der Waals surface area contributed by atoms with Gasteiger partial charge in [0.2, 0.25) is 0 Å². The van der Waals surface area contributed by atoms with E-state index in [1.807, 2.05) is 11.9 Å². The standard InChI is InChI=1S/C18H23N3O2/c1-20(18(23)15-7-5-13(9-19)6-8-15)17(14-3-2-4-14)12-21-10-16(22)11-21/h5-8,14,16-17,22H,2-4,10-12H2,1H3/t17-/m1/s1. The fourth-order valence-corrected chi connectivity index (χ4v) is 3.41. The summed E-state index contributed by atoms with van der Waals surface area (Å²) < 4.78 is 0. The molecule has 1 amide bonds. The Morgan fingerprint density at radius 2 is 2.04 bits per heavy atom. The van der Waals surface area contributed by atoms with Crippen LogP contribution in [0.1, 0.15) is 35.2 Å². The van der Waals surface area contributed by atoms with E-state index in [2.05, 4.69) is 11.0 Å². The maximum Gasteiger partial charge on any atom is 0.253 e. The summed E-state index contributed by atoms with van der Waals surface area (Å²) >= 11 is 0. The third-order valence-corrected chi connectivity index (χ3v) is 5.16. The maximum atomic E-state index is 12.8. The molecule has 0 spiro atoms. The number of carbonyl (C=O) groups excluding carboxylic acids is 1. The third kappa shape index (κ3) is 3.39. The summed E-state index contributed by atoms with van der Waals surface area (Å²) in [6.45, 7) is 2.25. The molecule has 2 fully saturated rings. The maximum absolute atomic E-state index is 12.8. The molecule has 3 rings (SSSR count). The van der Waals surface area contributed by atoms with E-state index in [0.29, 0.717) is 30.1 Å². The van der Waals surface area contributed by atoms with E-state index in [0.717, 1.165) is 6.54 Å². The van der Waals surface area contributed by atoms with Gasteiger partial charge < -0.3 is 10.0 Å². The van der Waals surface area contributed by atoms with Gasteiger partial charge in [0.15, 0.2) is 0 Å². The van der Waals surface area contributed by atoms with Gasteiger partial charge in [-0.1, -0.05) is 6.42 Å². The van der Waals surface area contributed by atoms with E-state index in [1.165, 1.54) is 19.3 Å². The van der Waals surface area contributed by atoms with Gasteiger partial charge in [-0.15, -0.1) is 0 Å². The number of benzene rings is 1. The lowest BCUT2D eigenvalue weighted by Gasteiger charge is -2.45. The molecule has 0 aromatic heterocycles. The largest absolute Gasteiger partial charge is 0.390 e. The third-order valence-electron chi connectivity index (χ3n) is 5.16. The lowest BCUT2D eigenvalue weighted by Crippen LogP contribution is -2.58. The number of aliphatic hydroxyl groups is 1. The van der Waals surface area contributed by atoms with E-state index in [-0.39, 0.29) is 18.1 Å². The van der Waals surface area contributed by atoms with Crippen molar-refractivity contribution < 1.29 is 9.90 Å². The molecule has 0 unspecified atom stereocenters. The molecule has 122 valence electrons. The van der Waals surface area contributed by atoms with Gasteiger partial charge in [0.25, 0.3) is 5.91 Å². The normalized spacial score (nSPS) is 20.2. The second kappa shape index (κ2) is 6.69. The summed E-state index contributed by atoms with van der Waals surface area (Å²) in [5, 5.41) is 18.3. The Hall–Kier alpha value is -1.90. The number of rotatable bonds is 5. The smallest absolute Gasteiger partial charge is 0.253 e. The number of carbonyl (C=O) groups is 1. The van der Waals surface area contributed by atoms with E-state index in [1.54, 1.807) is 24.3 Å². The number of nitrogens with zero attached hydrogens (tertiary/aromatic N) is 3. The Labute approximate surface area is 137 Å². The average Bonchev–Trinajstić information content (AvgIpc) is 2.49. The first-order valence-corrected chi connectivity index (χ1v) is 8.26. The molecule has 1 saturated heterocycles.